The van der Waals surface area contributed by atoms with E-state index < -0.39 is 62.7 Å². The van der Waals surface area contributed by atoms with E-state index in [9.17, 15) is 39.8 Å². The molecule has 0 radical (unpaired) electrons. The van der Waals surface area contributed by atoms with Gasteiger partial charge in [-0.3, -0.25) is 9.89 Å². The van der Waals surface area contributed by atoms with Gasteiger partial charge in [0.2, 0.25) is 18.1 Å². The third-order valence-electron chi connectivity index (χ3n) is 7.05. The van der Waals surface area contributed by atoms with Crippen molar-refractivity contribution in [3.63, 3.8) is 0 Å². The number of rotatable bonds is 14. The second kappa shape index (κ2) is 14.3. The Morgan fingerprint density at radius 1 is 1.10 bits per heavy atom. The molecular weight excluding hydrogens is 529 g/mol. The maximum absolute atomic E-state index is 14.1. The zero-order valence-corrected chi connectivity index (χ0v) is 22.7. The predicted octanol–water partition coefficient (Wildman–Crippen LogP) is -0.566. The highest BCUT2D eigenvalue weighted by Crippen LogP contribution is 2.31. The van der Waals surface area contributed by atoms with Crippen LogP contribution in [0.3, 0.4) is 0 Å². The molecule has 1 aromatic heterocycles. The van der Waals surface area contributed by atoms with Crippen LogP contribution < -0.4 is 10.1 Å². The lowest BCUT2D eigenvalue weighted by atomic mass is 9.98. The first-order chi connectivity index (χ1) is 19.1. The van der Waals surface area contributed by atoms with Crippen molar-refractivity contribution in [3.8, 4) is 5.88 Å². The number of aliphatic hydroxyl groups excluding tert-OH is 6. The Hall–Kier alpha value is -2.65. The maximum Gasteiger partial charge on any atom is 0.238 e. The van der Waals surface area contributed by atoms with Gasteiger partial charge in [-0.15, -0.1) is 5.10 Å². The average Bonchev–Trinajstić information content (AvgIpc) is 3.35. The molecule has 224 valence electrons. The second-order valence-corrected chi connectivity index (χ2v) is 10.5. The molecule has 1 unspecified atom stereocenters. The molecule has 1 aliphatic heterocycles. The van der Waals surface area contributed by atoms with Crippen LogP contribution in [0.2, 0.25) is 0 Å². The molecule has 8 N–H and O–H groups in total. The molecule has 3 rings (SSSR count). The number of halogens is 1. The summed E-state index contributed by atoms with van der Waals surface area (Å²) in [5.74, 6) is -0.196. The van der Waals surface area contributed by atoms with Crippen LogP contribution in [-0.2, 0) is 22.4 Å². The lowest BCUT2D eigenvalue weighted by Gasteiger charge is -2.38. The number of aromatic nitrogens is 2. The highest BCUT2D eigenvalue weighted by molar-refractivity contribution is 5.76. The van der Waals surface area contributed by atoms with E-state index in [-0.39, 0.29) is 24.1 Å². The van der Waals surface area contributed by atoms with Crippen molar-refractivity contribution >= 4 is 5.91 Å². The van der Waals surface area contributed by atoms with Crippen molar-refractivity contribution in [1.82, 2.24) is 15.5 Å². The van der Waals surface area contributed by atoms with Crippen LogP contribution in [-0.4, -0.2) is 109 Å². The molecule has 1 saturated heterocycles. The third kappa shape index (κ3) is 7.55. The Bertz CT molecular complexity index is 1070. The number of aliphatic hydroxyl groups is 6. The predicted molar refractivity (Wildman–Crippen MR) is 140 cm³/mol. The summed E-state index contributed by atoms with van der Waals surface area (Å²) in [5, 5.41) is 67.4. The first kappa shape index (κ1) is 31.9. The molecule has 1 aliphatic rings. The van der Waals surface area contributed by atoms with E-state index in [4.69, 9.17) is 9.47 Å². The minimum absolute atomic E-state index is 0.0507. The standard InChI is InChI=1S/C27H40FN3O9/c1-15(2)22-18(25(31-30-22)40-26-24(38)23(37)21(28)19(11-32)39-26)10-17-8-6-16(7-9-17)4-3-5-20(36)29-27(12-33,13-34)14-35/h6-9,15,19,21,23-24,26,32-35,37-38H,3-5,10-14H2,1-2H3,(H,29,36)(H,30,31)/t19?,21-,23+,24-,26+/m1/s1. The molecule has 13 heteroatoms. The molecule has 0 aliphatic carbocycles. The number of carbonyl (C=O) groups excluding carboxylic acids is 1. The summed E-state index contributed by atoms with van der Waals surface area (Å²) >= 11 is 0. The normalized spacial score (nSPS) is 23.4. The highest BCUT2D eigenvalue weighted by Gasteiger charge is 2.46. The maximum atomic E-state index is 14.1. The molecule has 40 heavy (non-hydrogen) atoms. The number of carbonyl (C=O) groups is 1. The molecule has 0 saturated carbocycles. The van der Waals surface area contributed by atoms with Crippen LogP contribution in [0, 0.1) is 0 Å². The zero-order valence-electron chi connectivity index (χ0n) is 22.7. The SMILES string of the molecule is CC(C)c1[nH]nc(O[C@@H]2OC(CO)[C@@H](F)[C@H](O)[C@H]2O)c1Cc1ccc(CCCC(=O)NC(CO)(CO)CO)cc1. The van der Waals surface area contributed by atoms with Gasteiger partial charge in [-0.25, -0.2) is 4.39 Å². The van der Waals surface area contributed by atoms with E-state index in [1.54, 1.807) is 0 Å². The number of H-pyrrole nitrogens is 1. The quantitative estimate of drug-likeness (QED) is 0.146. The number of amides is 1. The fourth-order valence-corrected chi connectivity index (χ4v) is 4.46. The van der Waals surface area contributed by atoms with Crippen molar-refractivity contribution in [2.75, 3.05) is 26.4 Å². The zero-order chi connectivity index (χ0) is 29.4. The van der Waals surface area contributed by atoms with Crippen molar-refractivity contribution in [1.29, 1.82) is 0 Å². The summed E-state index contributed by atoms with van der Waals surface area (Å²) in [5.41, 5.74) is 1.97. The summed E-state index contributed by atoms with van der Waals surface area (Å²) in [6.07, 6.45) is -6.53. The number of hydrogen-bond donors (Lipinski definition) is 8. The number of benzene rings is 1. The fourth-order valence-electron chi connectivity index (χ4n) is 4.46. The van der Waals surface area contributed by atoms with Gasteiger partial charge in [0.15, 0.2) is 6.17 Å². The van der Waals surface area contributed by atoms with Gasteiger partial charge in [0.1, 0.15) is 23.9 Å². The molecule has 12 nitrogen and oxygen atoms in total. The summed E-state index contributed by atoms with van der Waals surface area (Å²) in [6.45, 7) is 1.51. The Morgan fingerprint density at radius 2 is 1.73 bits per heavy atom. The lowest BCUT2D eigenvalue weighted by molar-refractivity contribution is -0.265. The summed E-state index contributed by atoms with van der Waals surface area (Å²) in [4.78, 5) is 12.2. The summed E-state index contributed by atoms with van der Waals surface area (Å²) < 4.78 is 25.2. The van der Waals surface area contributed by atoms with Crippen LogP contribution in [0.4, 0.5) is 4.39 Å². The number of ether oxygens (including phenoxy) is 2. The Morgan fingerprint density at radius 3 is 2.30 bits per heavy atom. The largest absolute Gasteiger partial charge is 0.443 e. The highest BCUT2D eigenvalue weighted by atomic mass is 19.1. The number of nitrogens with zero attached hydrogens (tertiary/aromatic N) is 1. The molecule has 1 fully saturated rings. The molecule has 1 aromatic carbocycles. The number of aromatic amines is 1. The number of aryl methyl sites for hydroxylation is 1. The van der Waals surface area contributed by atoms with Crippen LogP contribution in [0.25, 0.3) is 0 Å². The van der Waals surface area contributed by atoms with Gasteiger partial charge in [-0.2, -0.15) is 0 Å². The summed E-state index contributed by atoms with van der Waals surface area (Å²) in [6, 6.07) is 7.71. The first-order valence-corrected chi connectivity index (χ1v) is 13.3. The number of alkyl halides is 1. The fraction of sp³-hybridized carbons (Fsp3) is 0.630. The monoisotopic (exact) mass is 569 g/mol. The molecule has 1 amide bonds. The third-order valence-corrected chi connectivity index (χ3v) is 7.05. The van der Waals surface area contributed by atoms with Gasteiger partial charge >= 0.3 is 0 Å². The van der Waals surface area contributed by atoms with Crippen LogP contribution in [0.1, 0.15) is 55.0 Å². The van der Waals surface area contributed by atoms with Crippen LogP contribution >= 0.6 is 0 Å². The Labute approximate surface area is 231 Å². The van der Waals surface area contributed by atoms with Gasteiger partial charge in [-0.1, -0.05) is 38.1 Å². The van der Waals surface area contributed by atoms with Gasteiger partial charge in [0, 0.05) is 24.1 Å². The smallest absolute Gasteiger partial charge is 0.238 e. The van der Waals surface area contributed by atoms with Crippen molar-refractivity contribution < 1.29 is 49.3 Å². The molecular formula is C27H40FN3O9. The van der Waals surface area contributed by atoms with E-state index in [1.165, 1.54) is 0 Å². The second-order valence-electron chi connectivity index (χ2n) is 10.5. The Kier molecular flexibility index (Phi) is 11.4. The molecule has 5 atom stereocenters. The van der Waals surface area contributed by atoms with E-state index in [0.717, 1.165) is 16.8 Å². The van der Waals surface area contributed by atoms with E-state index >= 15 is 0 Å². The van der Waals surface area contributed by atoms with Crippen LogP contribution in [0.15, 0.2) is 24.3 Å². The van der Waals surface area contributed by atoms with Gasteiger partial charge < -0.3 is 45.4 Å². The minimum atomic E-state index is -1.96. The van der Waals surface area contributed by atoms with Crippen molar-refractivity contribution in [2.45, 2.75) is 81.8 Å². The first-order valence-electron chi connectivity index (χ1n) is 13.3. The molecule has 2 aromatic rings. The van der Waals surface area contributed by atoms with E-state index in [1.807, 2.05) is 38.1 Å². The minimum Gasteiger partial charge on any atom is -0.443 e. The van der Waals surface area contributed by atoms with Crippen molar-refractivity contribution in [3.05, 3.63) is 46.6 Å². The average molecular weight is 570 g/mol. The number of nitrogens with one attached hydrogen (secondary N) is 2. The Balaban J connectivity index is 1.64. The summed E-state index contributed by atoms with van der Waals surface area (Å²) in [7, 11) is 0. The molecule has 0 spiro atoms. The molecule has 2 heterocycles. The topological polar surface area (TPSA) is 198 Å². The molecule has 0 bridgehead atoms. The van der Waals surface area contributed by atoms with E-state index in [0.29, 0.717) is 24.8 Å². The van der Waals surface area contributed by atoms with Crippen molar-refractivity contribution in [2.24, 2.45) is 0 Å². The van der Waals surface area contributed by atoms with Gasteiger partial charge in [0.05, 0.1) is 26.4 Å². The number of hydrogen-bond acceptors (Lipinski definition) is 10. The van der Waals surface area contributed by atoms with Crippen LogP contribution in [0.5, 0.6) is 5.88 Å². The van der Waals surface area contributed by atoms with Gasteiger partial charge in [0.25, 0.3) is 0 Å². The van der Waals surface area contributed by atoms with E-state index in [2.05, 4.69) is 15.5 Å². The van der Waals surface area contributed by atoms with Gasteiger partial charge in [-0.05, 0) is 29.9 Å². The lowest BCUT2D eigenvalue weighted by Crippen LogP contribution is -2.58.